The SMILES string of the molecule is Cc1cc(Br)ccc1Nc1ccc(C(=NO)c2ccccc2C)c(F)c1. The van der Waals surface area contributed by atoms with Crippen LogP contribution < -0.4 is 5.32 Å². The lowest BCUT2D eigenvalue weighted by atomic mass is 9.97. The topological polar surface area (TPSA) is 44.6 Å². The molecule has 0 saturated carbocycles. The van der Waals surface area contributed by atoms with Crippen molar-refractivity contribution in [3.8, 4) is 0 Å². The molecule has 0 spiro atoms. The van der Waals surface area contributed by atoms with E-state index in [2.05, 4.69) is 26.4 Å². The van der Waals surface area contributed by atoms with Gasteiger partial charge in [-0.3, -0.25) is 0 Å². The van der Waals surface area contributed by atoms with E-state index in [4.69, 9.17) is 0 Å². The first-order valence-corrected chi connectivity index (χ1v) is 8.90. The summed E-state index contributed by atoms with van der Waals surface area (Å²) in [5.74, 6) is -0.458. The van der Waals surface area contributed by atoms with E-state index < -0.39 is 5.82 Å². The van der Waals surface area contributed by atoms with E-state index in [1.807, 2.05) is 50.2 Å². The Balaban J connectivity index is 1.93. The Bertz CT molecular complexity index is 985. The minimum atomic E-state index is -0.458. The maximum atomic E-state index is 14.7. The number of nitrogens with zero attached hydrogens (tertiary/aromatic N) is 1. The molecule has 3 rings (SSSR count). The number of oxime groups is 1. The minimum absolute atomic E-state index is 0.215. The highest BCUT2D eigenvalue weighted by atomic mass is 79.9. The second-order valence-corrected chi connectivity index (χ2v) is 6.96. The molecule has 0 aliphatic carbocycles. The minimum Gasteiger partial charge on any atom is -0.410 e. The van der Waals surface area contributed by atoms with Gasteiger partial charge in [0.05, 0.1) is 0 Å². The first kappa shape index (κ1) is 18.1. The molecule has 0 radical (unpaired) electrons. The molecule has 0 aliphatic heterocycles. The molecule has 0 atom stereocenters. The zero-order chi connectivity index (χ0) is 18.7. The lowest BCUT2D eigenvalue weighted by molar-refractivity contribution is 0.319. The number of nitrogens with one attached hydrogen (secondary N) is 1. The Hall–Kier alpha value is -2.66. The van der Waals surface area contributed by atoms with E-state index in [-0.39, 0.29) is 11.3 Å². The largest absolute Gasteiger partial charge is 0.410 e. The van der Waals surface area contributed by atoms with Crippen molar-refractivity contribution in [3.05, 3.63) is 93.2 Å². The lowest BCUT2D eigenvalue weighted by Crippen LogP contribution is -2.08. The van der Waals surface area contributed by atoms with Crippen LogP contribution in [0, 0.1) is 19.7 Å². The van der Waals surface area contributed by atoms with Crippen LogP contribution in [0.25, 0.3) is 0 Å². The number of benzene rings is 3. The summed E-state index contributed by atoms with van der Waals surface area (Å²) < 4.78 is 15.7. The summed E-state index contributed by atoms with van der Waals surface area (Å²) in [6.45, 7) is 3.87. The van der Waals surface area contributed by atoms with Gasteiger partial charge in [-0.05, 0) is 61.4 Å². The first-order valence-electron chi connectivity index (χ1n) is 8.10. The quantitative estimate of drug-likeness (QED) is 0.305. The molecular formula is C21H18BrFN2O. The lowest BCUT2D eigenvalue weighted by Gasteiger charge is -2.13. The average Bonchev–Trinajstić information content (AvgIpc) is 2.61. The zero-order valence-electron chi connectivity index (χ0n) is 14.4. The molecule has 0 unspecified atom stereocenters. The van der Waals surface area contributed by atoms with Gasteiger partial charge in [0.15, 0.2) is 0 Å². The van der Waals surface area contributed by atoms with Crippen LogP contribution in [0.2, 0.25) is 0 Å². The van der Waals surface area contributed by atoms with E-state index in [0.29, 0.717) is 11.3 Å². The molecule has 0 fully saturated rings. The molecule has 5 heteroatoms. The highest BCUT2D eigenvalue weighted by Crippen LogP contribution is 2.26. The number of hydrogen-bond donors (Lipinski definition) is 2. The zero-order valence-corrected chi connectivity index (χ0v) is 16.0. The van der Waals surface area contributed by atoms with E-state index in [1.165, 1.54) is 6.07 Å². The highest BCUT2D eigenvalue weighted by molar-refractivity contribution is 9.10. The van der Waals surface area contributed by atoms with Crippen molar-refractivity contribution in [1.29, 1.82) is 0 Å². The number of hydrogen-bond acceptors (Lipinski definition) is 3. The molecule has 3 aromatic rings. The molecule has 0 bridgehead atoms. The van der Waals surface area contributed by atoms with Gasteiger partial charge >= 0.3 is 0 Å². The predicted molar refractivity (Wildman–Crippen MR) is 107 cm³/mol. The van der Waals surface area contributed by atoms with Crippen LogP contribution in [0.15, 0.2) is 70.3 Å². The van der Waals surface area contributed by atoms with Crippen molar-refractivity contribution in [3.63, 3.8) is 0 Å². The summed E-state index contributed by atoms with van der Waals surface area (Å²) in [4.78, 5) is 0. The third kappa shape index (κ3) is 3.78. The van der Waals surface area contributed by atoms with Crippen molar-refractivity contribution < 1.29 is 9.60 Å². The molecule has 0 amide bonds. The average molecular weight is 413 g/mol. The third-order valence-electron chi connectivity index (χ3n) is 4.19. The Morgan fingerprint density at radius 3 is 2.38 bits per heavy atom. The van der Waals surface area contributed by atoms with Crippen LogP contribution in [0.1, 0.15) is 22.3 Å². The Kier molecular flexibility index (Phi) is 5.38. The van der Waals surface area contributed by atoms with Gasteiger partial charge in [0.1, 0.15) is 11.5 Å². The number of aryl methyl sites for hydroxylation is 2. The summed E-state index contributed by atoms with van der Waals surface area (Å²) >= 11 is 3.43. The summed E-state index contributed by atoms with van der Waals surface area (Å²) in [6.07, 6.45) is 0. The predicted octanol–water partition coefficient (Wildman–Crippen LogP) is 6.18. The normalized spacial score (nSPS) is 11.5. The van der Waals surface area contributed by atoms with Crippen molar-refractivity contribution in [2.24, 2.45) is 5.16 Å². The maximum Gasteiger partial charge on any atom is 0.134 e. The van der Waals surface area contributed by atoms with Gasteiger partial charge < -0.3 is 10.5 Å². The van der Waals surface area contributed by atoms with E-state index >= 15 is 0 Å². The summed E-state index contributed by atoms with van der Waals surface area (Å²) in [6, 6.07) is 18.0. The fourth-order valence-corrected chi connectivity index (χ4v) is 3.27. The molecular weight excluding hydrogens is 395 g/mol. The number of anilines is 2. The van der Waals surface area contributed by atoms with Gasteiger partial charge in [-0.15, -0.1) is 0 Å². The Labute approximate surface area is 160 Å². The van der Waals surface area contributed by atoms with Gasteiger partial charge in [-0.2, -0.15) is 0 Å². The maximum absolute atomic E-state index is 14.7. The fourth-order valence-electron chi connectivity index (χ4n) is 2.80. The number of halogens is 2. The van der Waals surface area contributed by atoms with Crippen LogP contribution in [0.5, 0.6) is 0 Å². The monoisotopic (exact) mass is 412 g/mol. The Morgan fingerprint density at radius 1 is 0.962 bits per heavy atom. The molecule has 0 aliphatic rings. The second-order valence-electron chi connectivity index (χ2n) is 6.04. The molecule has 2 N–H and O–H groups in total. The van der Waals surface area contributed by atoms with E-state index in [9.17, 15) is 9.60 Å². The third-order valence-corrected chi connectivity index (χ3v) is 4.69. The molecule has 0 saturated heterocycles. The number of rotatable bonds is 4. The molecule has 0 aromatic heterocycles. The summed E-state index contributed by atoms with van der Waals surface area (Å²) in [5.41, 5.74) is 4.63. The van der Waals surface area contributed by atoms with Gasteiger partial charge in [0.25, 0.3) is 0 Å². The van der Waals surface area contributed by atoms with Gasteiger partial charge in [-0.1, -0.05) is 45.4 Å². The molecule has 3 aromatic carbocycles. The van der Waals surface area contributed by atoms with Gasteiger partial charge in [0, 0.05) is 27.0 Å². The standard InChI is InChI=1S/C21H18BrFN2O/c1-13-5-3-4-6-17(13)21(25-26)18-9-8-16(12-19(18)23)24-20-10-7-15(22)11-14(20)2/h3-12,24,26H,1-2H3. The van der Waals surface area contributed by atoms with Crippen molar-refractivity contribution >= 4 is 33.0 Å². The van der Waals surface area contributed by atoms with Crippen LogP contribution in [0.3, 0.4) is 0 Å². The van der Waals surface area contributed by atoms with Crippen LogP contribution in [0.4, 0.5) is 15.8 Å². The van der Waals surface area contributed by atoms with E-state index in [1.54, 1.807) is 18.2 Å². The van der Waals surface area contributed by atoms with Crippen LogP contribution >= 0.6 is 15.9 Å². The smallest absolute Gasteiger partial charge is 0.134 e. The fraction of sp³-hybridized carbons (Fsp3) is 0.0952. The van der Waals surface area contributed by atoms with Gasteiger partial charge in [0.2, 0.25) is 0 Å². The first-order chi connectivity index (χ1) is 12.5. The van der Waals surface area contributed by atoms with Crippen LogP contribution in [-0.4, -0.2) is 10.9 Å². The highest BCUT2D eigenvalue weighted by Gasteiger charge is 2.15. The summed E-state index contributed by atoms with van der Waals surface area (Å²) in [5, 5.41) is 16.0. The molecule has 3 nitrogen and oxygen atoms in total. The molecule has 26 heavy (non-hydrogen) atoms. The molecule has 132 valence electrons. The van der Waals surface area contributed by atoms with Crippen molar-refractivity contribution in [2.45, 2.75) is 13.8 Å². The summed E-state index contributed by atoms with van der Waals surface area (Å²) in [7, 11) is 0. The van der Waals surface area contributed by atoms with Crippen LogP contribution in [-0.2, 0) is 0 Å². The van der Waals surface area contributed by atoms with Gasteiger partial charge in [-0.25, -0.2) is 4.39 Å². The van der Waals surface area contributed by atoms with E-state index in [0.717, 1.165) is 21.3 Å². The van der Waals surface area contributed by atoms with Crippen molar-refractivity contribution in [2.75, 3.05) is 5.32 Å². The Morgan fingerprint density at radius 2 is 1.73 bits per heavy atom. The second kappa shape index (κ2) is 7.70. The molecule has 0 heterocycles. The van der Waals surface area contributed by atoms with Crippen molar-refractivity contribution in [1.82, 2.24) is 0 Å².